The molecule has 0 saturated carbocycles. The minimum Gasteiger partial charge on any atom is -0.310 e. The molecule has 4 aliphatic carbocycles. The van der Waals surface area contributed by atoms with Crippen LogP contribution in [-0.4, -0.2) is 0 Å². The van der Waals surface area contributed by atoms with Gasteiger partial charge in [-0.15, -0.1) is 0 Å². The molecule has 8 aliphatic rings. The molecule has 22 aromatic rings. The Balaban J connectivity index is 0.629. The highest BCUT2D eigenvalue weighted by atomic mass is 32.2. The van der Waals surface area contributed by atoms with Gasteiger partial charge in [0.25, 0.3) is 0 Å². The van der Waals surface area contributed by atoms with Crippen molar-refractivity contribution < 1.29 is 0 Å². The van der Waals surface area contributed by atoms with Crippen LogP contribution >= 0.6 is 47.0 Å². The Morgan fingerprint density at radius 1 is 0.157 bits per heavy atom. The molecule has 4 heterocycles. The molecule has 0 aromatic heterocycles. The molecule has 1 unspecified atom stereocenters. The molecule has 0 N–H and O–H groups in total. The van der Waals surface area contributed by atoms with Gasteiger partial charge >= 0.3 is 0 Å². The Hall–Kier alpha value is -15.1. The van der Waals surface area contributed by atoms with Crippen LogP contribution in [0.2, 0.25) is 0 Å². The fourth-order valence-corrected chi connectivity index (χ4v) is 30.8. The second-order valence-corrected chi connectivity index (χ2v) is 41.1. The van der Waals surface area contributed by atoms with Gasteiger partial charge in [0, 0.05) is 72.7 Å². The largest absolute Gasteiger partial charge is 0.310 e. The van der Waals surface area contributed by atoms with E-state index >= 15 is 0 Å². The fourth-order valence-electron chi connectivity index (χ4n) is 25.9. The van der Waals surface area contributed by atoms with Crippen LogP contribution in [0.4, 0.5) is 34.1 Å². The van der Waals surface area contributed by atoms with Crippen molar-refractivity contribution in [1.82, 2.24) is 0 Å². The third kappa shape index (κ3) is 9.82. The predicted octanol–water partition coefficient (Wildman–Crippen LogP) is 34.2. The van der Waals surface area contributed by atoms with Crippen LogP contribution in [0.5, 0.6) is 0 Å². The number of hydrogen-bond acceptors (Lipinski definition) is 6. The molecule has 4 aliphatic heterocycles. The smallest absolute Gasteiger partial charge is 0.0736 e. The van der Waals surface area contributed by atoms with Crippen LogP contribution in [0, 0.1) is 0 Å². The van der Waals surface area contributed by atoms with Crippen molar-refractivity contribution in [3.63, 3.8) is 0 Å². The van der Waals surface area contributed by atoms with Crippen molar-refractivity contribution in [1.29, 1.82) is 0 Å². The zero-order chi connectivity index (χ0) is 87.4. The number of nitrogens with zero attached hydrogens (tertiary/aromatic N) is 2. The van der Waals surface area contributed by atoms with E-state index in [1.54, 1.807) is 0 Å². The molecule has 0 saturated heterocycles. The van der Waals surface area contributed by atoms with Crippen LogP contribution in [0.25, 0.3) is 98.7 Å². The van der Waals surface area contributed by atoms with Crippen LogP contribution in [0.3, 0.4) is 0 Å². The van der Waals surface area contributed by atoms with Gasteiger partial charge in [-0.25, -0.2) is 0 Å². The van der Waals surface area contributed by atoms with Gasteiger partial charge < -0.3 is 9.80 Å². The van der Waals surface area contributed by atoms with Crippen molar-refractivity contribution in [2.75, 3.05) is 9.80 Å². The maximum Gasteiger partial charge on any atom is 0.0736 e. The molecule has 134 heavy (non-hydrogen) atoms. The maximum atomic E-state index is 2.65. The Morgan fingerprint density at radius 3 is 0.910 bits per heavy atom. The van der Waals surface area contributed by atoms with E-state index in [4.69, 9.17) is 0 Å². The average molecular weight is 1770 g/mol. The molecule has 0 amide bonds. The van der Waals surface area contributed by atoms with Gasteiger partial charge in [0.05, 0.1) is 38.7 Å². The first-order valence-corrected chi connectivity index (χ1v) is 49.7. The molecule has 30 rings (SSSR count). The normalized spacial score (nSPS) is 15.6. The van der Waals surface area contributed by atoms with Crippen molar-refractivity contribution in [2.45, 2.75) is 60.8 Å². The Kier molecular flexibility index (Phi) is 15.9. The zero-order valence-electron chi connectivity index (χ0n) is 72.4. The third-order valence-corrected chi connectivity index (χ3v) is 35.5. The summed E-state index contributed by atoms with van der Waals surface area (Å²) in [6, 6.07) is 178. The summed E-state index contributed by atoms with van der Waals surface area (Å²) >= 11 is 7.61. The van der Waals surface area contributed by atoms with Gasteiger partial charge in [-0.1, -0.05) is 405 Å². The van der Waals surface area contributed by atoms with Crippen molar-refractivity contribution in [3.8, 4) is 55.6 Å². The lowest BCUT2D eigenvalue weighted by Crippen LogP contribution is -2.32. The lowest BCUT2D eigenvalue weighted by molar-refractivity contribution is 0.722. The van der Waals surface area contributed by atoms with E-state index in [1.807, 2.05) is 47.0 Å². The highest BCUT2D eigenvalue weighted by molar-refractivity contribution is 8.00. The average Bonchev–Trinajstić information content (AvgIpc) is 1.52. The number of anilines is 6. The molecule has 0 fully saturated rings. The SMILES string of the molecule is c1ccc2c(c1)Sc1ccccc1C21c2ccccc2-c2ccc(N(c3ccc4c5ccccc5c5ccccc5c4c3)c3cccc4c3-c3ccccc3C43c4ccccc4Sc4c(-c5ccc6c(N(c7ccc8c(c7)C7(c9ccccc9Sc9ccccc97)c7ccccc7-8)c7cccc8c7-c7ccccc7C87c8ccccc8Sc8ccccc87)cccc6c5)cccc43)cc21. The topological polar surface area (TPSA) is 6.48 Å². The van der Waals surface area contributed by atoms with E-state index in [-0.39, 0.29) is 0 Å². The molecule has 22 aromatic carbocycles. The molecule has 0 bridgehead atoms. The summed E-state index contributed by atoms with van der Waals surface area (Å²) in [5, 5.41) is 9.76. The Morgan fingerprint density at radius 2 is 0.448 bits per heavy atom. The number of benzene rings is 22. The fraction of sp³-hybridized carbons (Fsp3) is 0.0312. The number of fused-ring (bicyclic) bond motifs is 43. The highest BCUT2D eigenvalue weighted by Gasteiger charge is 2.57. The Labute approximate surface area is 794 Å². The quantitative estimate of drug-likeness (QED) is 0.146. The van der Waals surface area contributed by atoms with Crippen LogP contribution in [0.15, 0.2) is 500 Å². The second kappa shape index (κ2) is 28.2. The zero-order valence-corrected chi connectivity index (χ0v) is 75.7. The minimum atomic E-state index is -0.759. The first-order chi connectivity index (χ1) is 66.5. The molecule has 6 heteroatoms. The van der Waals surface area contributed by atoms with Crippen LogP contribution in [-0.2, 0) is 21.7 Å². The highest BCUT2D eigenvalue weighted by Crippen LogP contribution is 2.71. The van der Waals surface area contributed by atoms with Crippen molar-refractivity contribution in [3.05, 3.63) is 550 Å². The van der Waals surface area contributed by atoms with Crippen LogP contribution < -0.4 is 9.80 Å². The summed E-state index contributed by atoms with van der Waals surface area (Å²) in [6.07, 6.45) is 0. The standard InChI is InChI=1S/C128H76N2S4/c1-2-34-86-84(32-1)85-33-3-4-35-87(85)95-74-79(66-70-88(86)95)129(80-67-71-91-89-36-5-9-41-96(89)126(110(91)75-80)102-47-15-22-60-117(102)132-118-61-23-16-48-103(118)126)113-56-29-53-108-122(113)94-39-8-12-44-99(94)128(108)106-51-19-26-64-121(106)134-124-83(40-28-54-109(124)128)78-65-69-82-77(73-78)31-27-55-112(82)130(81-68-72-92-90-37-6-10-42-97(90)127(111(92)76-81)104-49-17-24-62-119(104)133-120-63-25-18-50-105(120)127)114-57-30-52-107-123(114)93-38-7-11-43-98(93)125(107)100-45-13-20-58-115(100)131-116-59-21-14-46-101(116)125/h1-76H. The first-order valence-electron chi connectivity index (χ1n) is 46.4. The lowest BCUT2D eigenvalue weighted by atomic mass is 9.67. The monoisotopic (exact) mass is 1770 g/mol. The minimum absolute atomic E-state index is 0.602. The summed E-state index contributed by atoms with van der Waals surface area (Å²) in [5.74, 6) is 0. The summed E-state index contributed by atoms with van der Waals surface area (Å²) in [5.41, 5.74) is 37.2. The van der Waals surface area contributed by atoms with Crippen molar-refractivity contribution in [2.24, 2.45) is 0 Å². The molecule has 2 nitrogen and oxygen atoms in total. The first kappa shape index (κ1) is 75.5. The van der Waals surface area contributed by atoms with Gasteiger partial charge in [-0.3, -0.25) is 0 Å². The van der Waals surface area contributed by atoms with E-state index in [2.05, 4.69) is 471 Å². The predicted molar refractivity (Wildman–Crippen MR) is 557 cm³/mol. The van der Waals surface area contributed by atoms with E-state index in [0.29, 0.717) is 0 Å². The van der Waals surface area contributed by atoms with E-state index in [9.17, 15) is 0 Å². The van der Waals surface area contributed by atoms with E-state index in [1.165, 1.54) is 211 Å². The molecular formula is C128H76N2S4. The lowest BCUT2D eigenvalue weighted by Gasteiger charge is -2.41. The molecular weight excluding hydrogens is 1690 g/mol. The number of rotatable bonds is 7. The Bertz CT molecular complexity index is 8810. The summed E-state index contributed by atoms with van der Waals surface area (Å²) in [4.78, 5) is 15.5. The molecule has 1 atom stereocenters. The third-order valence-electron chi connectivity index (χ3n) is 30.9. The van der Waals surface area contributed by atoms with E-state index < -0.39 is 21.7 Å². The summed E-state index contributed by atoms with van der Waals surface area (Å²) < 4.78 is 0. The summed E-state index contributed by atoms with van der Waals surface area (Å²) in [6.45, 7) is 0. The molecule has 0 radical (unpaired) electrons. The van der Waals surface area contributed by atoms with Gasteiger partial charge in [0.1, 0.15) is 0 Å². The van der Waals surface area contributed by atoms with Crippen molar-refractivity contribution >= 4 is 124 Å². The number of hydrogen-bond donors (Lipinski definition) is 0. The van der Waals surface area contributed by atoms with Gasteiger partial charge in [-0.05, 0) is 274 Å². The van der Waals surface area contributed by atoms with Gasteiger partial charge in [0.15, 0.2) is 0 Å². The maximum absolute atomic E-state index is 2.65. The van der Waals surface area contributed by atoms with Crippen LogP contribution in [0.1, 0.15) is 89.0 Å². The molecule has 622 valence electrons. The van der Waals surface area contributed by atoms with Gasteiger partial charge in [-0.2, -0.15) is 0 Å². The summed E-state index contributed by atoms with van der Waals surface area (Å²) in [7, 11) is 0. The second-order valence-electron chi connectivity index (χ2n) is 36.8. The molecule has 4 spiro atoms. The van der Waals surface area contributed by atoms with E-state index in [0.717, 1.165) is 50.5 Å². The van der Waals surface area contributed by atoms with Gasteiger partial charge in [0.2, 0.25) is 0 Å².